The Balaban J connectivity index is 1.55. The molecule has 0 spiro atoms. The largest absolute Gasteiger partial charge is 0.497 e. The second-order valence-corrected chi connectivity index (χ2v) is 9.19. The zero-order valence-electron chi connectivity index (χ0n) is 19.3. The first-order valence-electron chi connectivity index (χ1n) is 11.7. The van der Waals surface area contributed by atoms with Gasteiger partial charge in [-0.2, -0.15) is 0 Å². The third-order valence-electron chi connectivity index (χ3n) is 6.77. The van der Waals surface area contributed by atoms with Crippen LogP contribution in [0.25, 0.3) is 11.1 Å². The molecule has 4 rings (SSSR count). The summed E-state index contributed by atoms with van der Waals surface area (Å²) in [6, 6.07) is 17.2. The van der Waals surface area contributed by atoms with Gasteiger partial charge in [0, 0.05) is 37.1 Å². The Hall–Kier alpha value is -2.57. The van der Waals surface area contributed by atoms with E-state index in [1.54, 1.807) is 7.11 Å². The minimum Gasteiger partial charge on any atom is -0.497 e. The highest BCUT2D eigenvalue weighted by molar-refractivity contribution is 5.74. The Morgan fingerprint density at radius 2 is 1.88 bits per heavy atom. The van der Waals surface area contributed by atoms with Crippen molar-refractivity contribution in [3.05, 3.63) is 54.1 Å². The summed E-state index contributed by atoms with van der Waals surface area (Å²) in [6.07, 6.45) is 2.03. The van der Waals surface area contributed by atoms with E-state index >= 15 is 0 Å². The van der Waals surface area contributed by atoms with Crippen molar-refractivity contribution in [3.63, 3.8) is 0 Å². The minimum atomic E-state index is 0.0152. The number of rotatable bonds is 5. The molecule has 172 valence electrons. The third kappa shape index (κ3) is 4.62. The van der Waals surface area contributed by atoms with Crippen LogP contribution in [0.5, 0.6) is 5.75 Å². The van der Waals surface area contributed by atoms with Crippen LogP contribution >= 0.6 is 0 Å². The number of ether oxygens (including phenoxy) is 1. The molecule has 2 aromatic carbocycles. The smallest absolute Gasteiger partial charge is 0.317 e. The van der Waals surface area contributed by atoms with E-state index in [0.717, 1.165) is 42.8 Å². The number of amides is 2. The van der Waals surface area contributed by atoms with Crippen molar-refractivity contribution in [1.82, 2.24) is 15.1 Å². The fourth-order valence-electron chi connectivity index (χ4n) is 5.16. The lowest BCUT2D eigenvalue weighted by molar-refractivity contribution is -0.0591. The number of benzene rings is 2. The van der Waals surface area contributed by atoms with Gasteiger partial charge < -0.3 is 20.1 Å². The first kappa shape index (κ1) is 22.6. The fraction of sp³-hybridized carbons (Fsp3) is 0.500. The van der Waals surface area contributed by atoms with E-state index in [0.29, 0.717) is 6.54 Å². The van der Waals surface area contributed by atoms with Gasteiger partial charge in [-0.15, -0.1) is 0 Å². The van der Waals surface area contributed by atoms with Crippen molar-refractivity contribution >= 4 is 6.03 Å². The standard InChI is InChI=1S/C26H35N3O3/c1-18(2)27-26(31)28-13-4-5-14-29-23(16-28)25(24(29)17-30)20-11-9-19(10-12-20)21-7-6-8-22(15-21)32-3/h6-12,15,18,23-25,30H,4-5,13-14,16-17H2,1-3H3,(H,27,31)/t23-,24+,25-/m0/s1. The lowest BCUT2D eigenvalue weighted by atomic mass is 9.74. The minimum absolute atomic E-state index is 0.0152. The van der Waals surface area contributed by atoms with Crippen LogP contribution in [0.3, 0.4) is 0 Å². The van der Waals surface area contributed by atoms with Crippen LogP contribution in [-0.2, 0) is 0 Å². The molecule has 0 saturated carbocycles. The molecular formula is C26H35N3O3. The van der Waals surface area contributed by atoms with E-state index in [-0.39, 0.29) is 36.7 Å². The summed E-state index contributed by atoms with van der Waals surface area (Å²) in [6.45, 7) is 6.58. The SMILES string of the molecule is COc1cccc(-c2ccc([C@@H]3[C@@H](CO)N4CCCCN(C(=O)NC(C)C)C[C@@H]34)cc2)c1. The number of hydrogen-bond donors (Lipinski definition) is 2. The molecule has 0 bridgehead atoms. The van der Waals surface area contributed by atoms with Gasteiger partial charge in [-0.05, 0) is 62.1 Å². The zero-order chi connectivity index (χ0) is 22.7. The lowest BCUT2D eigenvalue weighted by Crippen LogP contribution is -2.68. The number of aliphatic hydroxyl groups excluding tert-OH is 1. The predicted octanol–water partition coefficient (Wildman–Crippen LogP) is 3.70. The highest BCUT2D eigenvalue weighted by Crippen LogP contribution is 2.42. The van der Waals surface area contributed by atoms with Gasteiger partial charge in [0.1, 0.15) is 5.75 Å². The maximum atomic E-state index is 12.7. The van der Waals surface area contributed by atoms with Crippen LogP contribution in [0, 0.1) is 0 Å². The molecule has 2 fully saturated rings. The Kier molecular flexibility index (Phi) is 7.01. The van der Waals surface area contributed by atoms with E-state index in [4.69, 9.17) is 4.74 Å². The van der Waals surface area contributed by atoms with Crippen LogP contribution < -0.4 is 10.1 Å². The zero-order valence-corrected chi connectivity index (χ0v) is 19.3. The molecule has 2 N–H and O–H groups in total. The summed E-state index contributed by atoms with van der Waals surface area (Å²) in [7, 11) is 1.68. The number of nitrogens with one attached hydrogen (secondary N) is 1. The second kappa shape index (κ2) is 9.92. The Bertz CT molecular complexity index is 915. The van der Waals surface area contributed by atoms with Gasteiger partial charge in [0.05, 0.1) is 13.7 Å². The number of methoxy groups -OCH3 is 1. The van der Waals surface area contributed by atoms with E-state index in [9.17, 15) is 9.90 Å². The topological polar surface area (TPSA) is 65.0 Å². The number of nitrogens with zero attached hydrogens (tertiary/aromatic N) is 2. The molecule has 2 aliphatic rings. The summed E-state index contributed by atoms with van der Waals surface area (Å²) >= 11 is 0. The second-order valence-electron chi connectivity index (χ2n) is 9.19. The molecule has 2 aromatic rings. The van der Waals surface area contributed by atoms with Crippen molar-refractivity contribution in [2.45, 2.75) is 50.7 Å². The van der Waals surface area contributed by atoms with E-state index in [1.807, 2.05) is 36.9 Å². The Morgan fingerprint density at radius 1 is 1.12 bits per heavy atom. The summed E-state index contributed by atoms with van der Waals surface area (Å²) in [4.78, 5) is 17.1. The molecule has 0 aromatic heterocycles. The van der Waals surface area contributed by atoms with E-state index in [1.165, 1.54) is 5.56 Å². The summed E-state index contributed by atoms with van der Waals surface area (Å²) in [5.74, 6) is 1.06. The van der Waals surface area contributed by atoms with E-state index < -0.39 is 0 Å². The normalized spacial score (nSPS) is 23.7. The number of carbonyl (C=O) groups is 1. The van der Waals surface area contributed by atoms with Crippen molar-refractivity contribution in [2.24, 2.45) is 0 Å². The van der Waals surface area contributed by atoms with Crippen molar-refractivity contribution in [3.8, 4) is 16.9 Å². The average molecular weight is 438 g/mol. The highest BCUT2D eigenvalue weighted by atomic mass is 16.5. The maximum absolute atomic E-state index is 12.7. The van der Waals surface area contributed by atoms with Gasteiger partial charge in [0.15, 0.2) is 0 Å². The predicted molar refractivity (Wildman–Crippen MR) is 127 cm³/mol. The molecular weight excluding hydrogens is 402 g/mol. The molecule has 32 heavy (non-hydrogen) atoms. The molecule has 0 radical (unpaired) electrons. The summed E-state index contributed by atoms with van der Waals surface area (Å²) in [5.41, 5.74) is 3.48. The molecule has 2 aliphatic heterocycles. The van der Waals surface area contributed by atoms with Crippen LogP contribution in [0.1, 0.15) is 38.2 Å². The molecule has 3 atom stereocenters. The first-order valence-corrected chi connectivity index (χ1v) is 11.7. The maximum Gasteiger partial charge on any atom is 0.317 e. The summed E-state index contributed by atoms with van der Waals surface area (Å²) < 4.78 is 5.36. The van der Waals surface area contributed by atoms with Crippen LogP contribution in [0.2, 0.25) is 0 Å². The number of fused-ring (bicyclic) bond motifs is 1. The molecule has 6 heteroatoms. The van der Waals surface area contributed by atoms with Gasteiger partial charge in [-0.1, -0.05) is 36.4 Å². The number of aliphatic hydroxyl groups is 1. The van der Waals surface area contributed by atoms with Crippen LogP contribution in [0.4, 0.5) is 4.79 Å². The number of urea groups is 1. The highest BCUT2D eigenvalue weighted by Gasteiger charge is 2.49. The average Bonchev–Trinajstić information content (AvgIpc) is 2.78. The molecule has 6 nitrogen and oxygen atoms in total. The van der Waals surface area contributed by atoms with Gasteiger partial charge in [0.25, 0.3) is 0 Å². The monoisotopic (exact) mass is 437 g/mol. The number of hydrogen-bond acceptors (Lipinski definition) is 4. The Morgan fingerprint density at radius 3 is 2.56 bits per heavy atom. The Labute approximate surface area is 191 Å². The number of carbonyl (C=O) groups excluding carboxylic acids is 1. The third-order valence-corrected chi connectivity index (χ3v) is 6.77. The lowest BCUT2D eigenvalue weighted by Gasteiger charge is -2.57. The molecule has 0 aliphatic carbocycles. The van der Waals surface area contributed by atoms with Gasteiger partial charge >= 0.3 is 6.03 Å². The van der Waals surface area contributed by atoms with Crippen LogP contribution in [-0.4, -0.2) is 72.4 Å². The van der Waals surface area contributed by atoms with Gasteiger partial charge in [0.2, 0.25) is 0 Å². The van der Waals surface area contributed by atoms with Crippen molar-refractivity contribution in [2.75, 3.05) is 33.4 Å². The molecule has 2 saturated heterocycles. The van der Waals surface area contributed by atoms with Gasteiger partial charge in [-0.25, -0.2) is 4.79 Å². The summed E-state index contributed by atoms with van der Waals surface area (Å²) in [5, 5.41) is 13.2. The molecule has 0 unspecified atom stereocenters. The van der Waals surface area contributed by atoms with Crippen molar-refractivity contribution < 1.29 is 14.6 Å². The van der Waals surface area contributed by atoms with Crippen molar-refractivity contribution in [1.29, 1.82) is 0 Å². The van der Waals surface area contributed by atoms with Gasteiger partial charge in [-0.3, -0.25) is 4.90 Å². The first-order chi connectivity index (χ1) is 15.5. The van der Waals surface area contributed by atoms with E-state index in [2.05, 4.69) is 40.5 Å². The molecule has 2 heterocycles. The quantitative estimate of drug-likeness (QED) is 0.749. The van der Waals surface area contributed by atoms with Crippen LogP contribution in [0.15, 0.2) is 48.5 Å². The fourth-order valence-corrected chi connectivity index (χ4v) is 5.16. The molecule has 2 amide bonds.